The fourth-order valence-electron chi connectivity index (χ4n) is 7.77. The van der Waals surface area contributed by atoms with E-state index in [-0.39, 0.29) is 22.2 Å². The van der Waals surface area contributed by atoms with E-state index < -0.39 is 0 Å². The molecule has 0 radical (unpaired) electrons. The molecule has 1 aromatic heterocycles. The maximum Gasteiger partial charge on any atom is 0.232 e. The van der Waals surface area contributed by atoms with Crippen LogP contribution in [0.5, 0.6) is 0 Å². The molecule has 2 aliphatic heterocycles. The van der Waals surface area contributed by atoms with Crippen LogP contribution in [0.15, 0.2) is 0 Å². The molecule has 0 aromatic carbocycles. The second-order valence-corrected chi connectivity index (χ2v) is 15.4. The van der Waals surface area contributed by atoms with Crippen LogP contribution >= 0.6 is 0 Å². The van der Waals surface area contributed by atoms with Crippen molar-refractivity contribution < 1.29 is 0 Å². The molecule has 1 aromatic rings. The van der Waals surface area contributed by atoms with E-state index in [1.165, 1.54) is 0 Å². The molecule has 3 heterocycles. The molecule has 0 unspecified atom stereocenters. The quantitative estimate of drug-likeness (QED) is 0.276. The highest BCUT2D eigenvalue weighted by Gasteiger charge is 2.43. The van der Waals surface area contributed by atoms with Gasteiger partial charge in [0, 0.05) is 60.4 Å². The minimum atomic E-state index is 0.0495. The second-order valence-electron chi connectivity index (χ2n) is 15.4. The number of hydrogen-bond acceptors (Lipinski definition) is 8. The van der Waals surface area contributed by atoms with Gasteiger partial charge in [-0.15, -0.1) is 0 Å². The molecule has 0 spiro atoms. The summed E-state index contributed by atoms with van der Waals surface area (Å²) in [7, 11) is 0. The minimum absolute atomic E-state index is 0.0495. The molecule has 0 atom stereocenters. The molecule has 3 rings (SSSR count). The van der Waals surface area contributed by atoms with Crippen LogP contribution in [-0.4, -0.2) is 75.4 Å². The molecule has 2 aliphatic rings. The first kappa shape index (κ1) is 33.8. The van der Waals surface area contributed by atoms with Crippen molar-refractivity contribution in [1.82, 2.24) is 25.6 Å². The monoisotopic (exact) mass is 573 g/mol. The Morgan fingerprint density at radius 1 is 0.561 bits per heavy atom. The van der Waals surface area contributed by atoms with E-state index in [4.69, 9.17) is 15.0 Å². The molecular weight excluding hydrogens is 508 g/mol. The maximum absolute atomic E-state index is 5.39. The van der Waals surface area contributed by atoms with E-state index >= 15 is 0 Å². The third-order valence-corrected chi connectivity index (χ3v) is 8.88. The van der Waals surface area contributed by atoms with Crippen molar-refractivity contribution >= 4 is 17.8 Å². The largest absolute Gasteiger partial charge is 0.341 e. The predicted octanol–water partition coefficient (Wildman–Crippen LogP) is 6.55. The van der Waals surface area contributed by atoms with Crippen LogP contribution in [0, 0.1) is 0 Å². The number of hydrogen-bond donors (Lipinski definition) is 2. The summed E-state index contributed by atoms with van der Waals surface area (Å²) in [6, 6.07) is 0.738. The Labute approximate surface area is 252 Å². The lowest BCUT2D eigenvalue weighted by molar-refractivity contribution is 0.157. The summed E-state index contributed by atoms with van der Waals surface area (Å²) in [5.74, 6) is 2.54. The topological polar surface area (TPSA) is 72.5 Å². The Bertz CT molecular complexity index is 868. The van der Waals surface area contributed by atoms with Gasteiger partial charge >= 0.3 is 0 Å². The Morgan fingerprint density at radius 2 is 0.878 bits per heavy atom. The van der Waals surface area contributed by atoms with Crippen molar-refractivity contribution in [2.45, 2.75) is 169 Å². The van der Waals surface area contributed by atoms with E-state index in [0.717, 1.165) is 95.4 Å². The lowest BCUT2D eigenvalue weighted by Crippen LogP contribution is -2.63. The minimum Gasteiger partial charge on any atom is -0.341 e. The summed E-state index contributed by atoms with van der Waals surface area (Å²) in [6.45, 7) is 31.4. The molecule has 2 fully saturated rings. The standard InChI is InChI=1S/C33H64N8/c1-13-17-19-40(25-21-30(5,6)37-31(7,8)22-25)28-34-27(39(15-3)16-4)35-29(36-28)41(20-18-14-2)26-23-32(9,10)38-33(11,12)24-26/h25-26,37-38H,13-24H2,1-12H3. The highest BCUT2D eigenvalue weighted by atomic mass is 15.4. The van der Waals surface area contributed by atoms with Gasteiger partial charge < -0.3 is 25.3 Å². The van der Waals surface area contributed by atoms with Crippen LogP contribution in [0.1, 0.15) is 134 Å². The Kier molecular flexibility index (Phi) is 11.0. The van der Waals surface area contributed by atoms with Crippen molar-refractivity contribution in [3.63, 3.8) is 0 Å². The van der Waals surface area contributed by atoms with Gasteiger partial charge in [0.15, 0.2) is 0 Å². The van der Waals surface area contributed by atoms with E-state index in [1.54, 1.807) is 0 Å². The lowest BCUT2D eigenvalue weighted by Gasteiger charge is -2.50. The van der Waals surface area contributed by atoms with Crippen molar-refractivity contribution in [1.29, 1.82) is 0 Å². The summed E-state index contributed by atoms with van der Waals surface area (Å²) >= 11 is 0. The highest BCUT2D eigenvalue weighted by Crippen LogP contribution is 2.36. The number of aromatic nitrogens is 3. The van der Waals surface area contributed by atoms with Gasteiger partial charge in [-0.1, -0.05) is 26.7 Å². The number of unbranched alkanes of at least 4 members (excludes halogenated alkanes) is 2. The summed E-state index contributed by atoms with van der Waals surface area (Å²) in [6.07, 6.45) is 8.82. The predicted molar refractivity (Wildman–Crippen MR) is 177 cm³/mol. The van der Waals surface area contributed by atoms with Gasteiger partial charge in [0.1, 0.15) is 0 Å². The average molecular weight is 573 g/mol. The van der Waals surface area contributed by atoms with Crippen LogP contribution in [0.4, 0.5) is 17.8 Å². The summed E-state index contributed by atoms with van der Waals surface area (Å²) in [5, 5.41) is 7.76. The number of nitrogens with one attached hydrogen (secondary N) is 2. The molecule has 236 valence electrons. The number of rotatable bonds is 13. The van der Waals surface area contributed by atoms with E-state index in [9.17, 15) is 0 Å². The molecule has 8 heteroatoms. The van der Waals surface area contributed by atoms with Gasteiger partial charge in [-0.3, -0.25) is 0 Å². The van der Waals surface area contributed by atoms with E-state index in [1.807, 2.05) is 0 Å². The molecular formula is C33H64N8. The summed E-state index contributed by atoms with van der Waals surface area (Å²) in [5.41, 5.74) is 0.198. The molecule has 2 saturated heterocycles. The zero-order valence-electron chi connectivity index (χ0n) is 28.8. The van der Waals surface area contributed by atoms with Crippen molar-refractivity contribution in [2.24, 2.45) is 0 Å². The summed E-state index contributed by atoms with van der Waals surface area (Å²) < 4.78 is 0. The maximum atomic E-state index is 5.39. The molecule has 0 bridgehead atoms. The lowest BCUT2D eigenvalue weighted by atomic mass is 9.79. The van der Waals surface area contributed by atoms with Crippen molar-refractivity contribution in [3.8, 4) is 0 Å². The van der Waals surface area contributed by atoms with Crippen LogP contribution in [0.25, 0.3) is 0 Å². The molecule has 41 heavy (non-hydrogen) atoms. The average Bonchev–Trinajstić information content (AvgIpc) is 2.81. The molecule has 2 N–H and O–H groups in total. The third-order valence-electron chi connectivity index (χ3n) is 8.88. The Morgan fingerprint density at radius 3 is 1.17 bits per heavy atom. The van der Waals surface area contributed by atoms with Gasteiger partial charge in [0.05, 0.1) is 0 Å². The normalized spacial score (nSPS) is 22.0. The van der Waals surface area contributed by atoms with Crippen LogP contribution in [0.3, 0.4) is 0 Å². The van der Waals surface area contributed by atoms with Crippen molar-refractivity contribution in [2.75, 3.05) is 40.9 Å². The van der Waals surface area contributed by atoms with Gasteiger partial charge in [-0.2, -0.15) is 15.0 Å². The van der Waals surface area contributed by atoms with Gasteiger partial charge in [0.2, 0.25) is 17.8 Å². The first-order valence-corrected chi connectivity index (χ1v) is 16.7. The first-order valence-electron chi connectivity index (χ1n) is 16.7. The summed E-state index contributed by atoms with van der Waals surface area (Å²) in [4.78, 5) is 23.2. The molecule has 0 saturated carbocycles. The Hall–Kier alpha value is -1.67. The van der Waals surface area contributed by atoms with Crippen LogP contribution < -0.4 is 25.3 Å². The fourth-order valence-corrected chi connectivity index (χ4v) is 7.77. The molecule has 8 nitrogen and oxygen atoms in total. The smallest absolute Gasteiger partial charge is 0.232 e. The number of piperidine rings is 2. The fraction of sp³-hybridized carbons (Fsp3) is 0.909. The van der Waals surface area contributed by atoms with Gasteiger partial charge in [-0.25, -0.2) is 0 Å². The molecule has 0 amide bonds. The number of nitrogens with zero attached hydrogens (tertiary/aromatic N) is 6. The van der Waals surface area contributed by atoms with Crippen LogP contribution in [0.2, 0.25) is 0 Å². The van der Waals surface area contributed by atoms with Gasteiger partial charge in [0.25, 0.3) is 0 Å². The van der Waals surface area contributed by atoms with E-state index in [0.29, 0.717) is 12.1 Å². The SMILES string of the molecule is CCCCN(c1nc(N(CC)CC)nc(N(CCCC)C2CC(C)(C)NC(C)(C)C2)n1)C1CC(C)(C)NC(C)(C)C1. The zero-order valence-corrected chi connectivity index (χ0v) is 28.8. The second kappa shape index (κ2) is 13.3. The number of anilines is 3. The van der Waals surface area contributed by atoms with E-state index in [2.05, 4.69) is 108 Å². The van der Waals surface area contributed by atoms with Crippen molar-refractivity contribution in [3.05, 3.63) is 0 Å². The first-order chi connectivity index (χ1) is 19.0. The third kappa shape index (κ3) is 9.16. The molecule has 0 aliphatic carbocycles. The zero-order chi connectivity index (χ0) is 30.6. The van der Waals surface area contributed by atoms with Crippen LogP contribution in [-0.2, 0) is 0 Å². The van der Waals surface area contributed by atoms with Gasteiger partial charge in [-0.05, 0) is 108 Å². The highest BCUT2D eigenvalue weighted by molar-refractivity contribution is 5.48. The Balaban J connectivity index is 2.15.